The van der Waals surface area contributed by atoms with Gasteiger partial charge in [-0.25, -0.2) is 0 Å². The largest absolute Gasteiger partial charge is 0.485 e. The van der Waals surface area contributed by atoms with Crippen molar-refractivity contribution >= 4 is 6.08 Å². The lowest BCUT2D eigenvalue weighted by atomic mass is 10.3. The molecule has 0 amide bonds. The Morgan fingerprint density at radius 3 is 3.00 bits per heavy atom. The Morgan fingerprint density at radius 1 is 1.62 bits per heavy atom. The highest BCUT2D eigenvalue weighted by atomic mass is 16.5. The molecule has 0 radical (unpaired) electrons. The number of ether oxygens (including phenoxy) is 1. The molecule has 1 heterocycles. The van der Waals surface area contributed by atoms with E-state index in [1.807, 2.05) is 0 Å². The van der Waals surface area contributed by atoms with Crippen LogP contribution in [-0.4, -0.2) is 11.1 Å². The second-order valence-corrected chi connectivity index (χ2v) is 3.15. The number of nitrogens with one attached hydrogen (secondary N) is 1. The van der Waals surface area contributed by atoms with Crippen molar-refractivity contribution in [3.05, 3.63) is 34.8 Å². The maximum atomic E-state index is 11.2. The molecule has 0 bridgehead atoms. The minimum absolute atomic E-state index is 0.169. The number of rotatable bonds is 3. The third-order valence-corrected chi connectivity index (χ3v) is 1.95. The van der Waals surface area contributed by atoms with Crippen LogP contribution < -0.4 is 10.3 Å². The van der Waals surface area contributed by atoms with Crippen molar-refractivity contribution in [1.29, 1.82) is 0 Å². The van der Waals surface area contributed by atoms with Crippen LogP contribution in [0.5, 0.6) is 5.75 Å². The van der Waals surface area contributed by atoms with Gasteiger partial charge in [-0.15, -0.1) is 0 Å². The molecule has 0 atom stereocenters. The summed E-state index contributed by atoms with van der Waals surface area (Å²) in [5.74, 6) is 0.403. The molecule has 0 spiro atoms. The zero-order valence-electron chi connectivity index (χ0n) is 7.25. The summed E-state index contributed by atoms with van der Waals surface area (Å²) in [6, 6.07) is 1.71. The van der Waals surface area contributed by atoms with E-state index in [-0.39, 0.29) is 11.7 Å². The summed E-state index contributed by atoms with van der Waals surface area (Å²) in [6.07, 6.45) is 5.65. The Morgan fingerprint density at radius 2 is 2.38 bits per heavy atom. The number of pyridine rings is 1. The van der Waals surface area contributed by atoms with Crippen LogP contribution in [0.15, 0.2) is 23.6 Å². The molecule has 1 aliphatic rings. The fraction of sp³-hybridized carbons (Fsp3) is 0.300. The van der Waals surface area contributed by atoms with Crippen LogP contribution in [0.2, 0.25) is 0 Å². The van der Waals surface area contributed by atoms with Crippen molar-refractivity contribution in [3.63, 3.8) is 0 Å². The van der Waals surface area contributed by atoms with Gasteiger partial charge in [0.1, 0.15) is 0 Å². The molecule has 0 saturated heterocycles. The lowest BCUT2D eigenvalue weighted by Gasteiger charge is -2.02. The fourth-order valence-corrected chi connectivity index (χ4v) is 1.05. The lowest BCUT2D eigenvalue weighted by molar-refractivity contribution is 0.298. The van der Waals surface area contributed by atoms with Crippen LogP contribution >= 0.6 is 0 Å². The Labute approximate surface area is 76.1 Å². The van der Waals surface area contributed by atoms with Crippen molar-refractivity contribution in [2.45, 2.75) is 18.9 Å². The van der Waals surface area contributed by atoms with Gasteiger partial charge in [-0.2, -0.15) is 0 Å². The first-order chi connectivity index (χ1) is 6.29. The van der Waals surface area contributed by atoms with Crippen LogP contribution in [0.4, 0.5) is 0 Å². The number of hydrogen-bond acceptors (Lipinski definition) is 2. The van der Waals surface area contributed by atoms with E-state index in [1.165, 1.54) is 0 Å². The van der Waals surface area contributed by atoms with Gasteiger partial charge in [-0.1, -0.05) is 12.7 Å². The van der Waals surface area contributed by atoms with Gasteiger partial charge in [0, 0.05) is 6.20 Å². The Hall–Kier alpha value is -1.51. The Balaban J connectivity index is 2.29. The molecule has 0 aliphatic heterocycles. The molecule has 0 unspecified atom stereocenters. The second kappa shape index (κ2) is 3.09. The summed E-state index contributed by atoms with van der Waals surface area (Å²) in [4.78, 5) is 13.8. The monoisotopic (exact) mass is 177 g/mol. The summed E-state index contributed by atoms with van der Waals surface area (Å²) < 4.78 is 5.41. The molecule has 1 aliphatic carbocycles. The van der Waals surface area contributed by atoms with Crippen LogP contribution in [-0.2, 0) is 0 Å². The quantitative estimate of drug-likeness (QED) is 0.761. The summed E-state index contributed by atoms with van der Waals surface area (Å²) in [6.45, 7) is 3.62. The van der Waals surface area contributed by atoms with Crippen LogP contribution in [0.3, 0.4) is 0 Å². The summed E-state index contributed by atoms with van der Waals surface area (Å²) >= 11 is 0. The topological polar surface area (TPSA) is 42.1 Å². The summed E-state index contributed by atoms with van der Waals surface area (Å²) in [7, 11) is 0. The Kier molecular flexibility index (Phi) is 1.93. The fourth-order valence-electron chi connectivity index (χ4n) is 1.05. The van der Waals surface area contributed by atoms with Crippen molar-refractivity contribution in [3.8, 4) is 5.75 Å². The van der Waals surface area contributed by atoms with Gasteiger partial charge >= 0.3 is 0 Å². The van der Waals surface area contributed by atoms with E-state index in [2.05, 4.69) is 11.6 Å². The van der Waals surface area contributed by atoms with Crippen LogP contribution in [0.25, 0.3) is 6.08 Å². The van der Waals surface area contributed by atoms with E-state index < -0.39 is 0 Å². The predicted molar refractivity (Wildman–Crippen MR) is 50.8 cm³/mol. The van der Waals surface area contributed by atoms with E-state index in [1.54, 1.807) is 18.3 Å². The molecule has 1 saturated carbocycles. The van der Waals surface area contributed by atoms with Gasteiger partial charge in [0.25, 0.3) is 5.56 Å². The molecular formula is C10H11NO2. The van der Waals surface area contributed by atoms with E-state index in [0.717, 1.165) is 18.4 Å². The van der Waals surface area contributed by atoms with Gasteiger partial charge in [0.15, 0.2) is 5.75 Å². The molecule has 2 rings (SSSR count). The highest BCUT2D eigenvalue weighted by molar-refractivity contribution is 5.47. The average Bonchev–Trinajstić information content (AvgIpc) is 2.93. The van der Waals surface area contributed by atoms with E-state index in [9.17, 15) is 4.79 Å². The molecule has 1 aromatic heterocycles. The van der Waals surface area contributed by atoms with E-state index in [4.69, 9.17) is 4.74 Å². The molecule has 1 N–H and O–H groups in total. The molecular weight excluding hydrogens is 166 g/mol. The molecule has 13 heavy (non-hydrogen) atoms. The number of H-pyrrole nitrogens is 1. The lowest BCUT2D eigenvalue weighted by Crippen LogP contribution is -2.11. The zero-order valence-corrected chi connectivity index (χ0v) is 7.25. The average molecular weight is 177 g/mol. The third-order valence-electron chi connectivity index (χ3n) is 1.95. The summed E-state index contributed by atoms with van der Waals surface area (Å²) in [5, 5.41) is 0. The molecule has 3 nitrogen and oxygen atoms in total. The van der Waals surface area contributed by atoms with Gasteiger partial charge in [0.05, 0.1) is 6.10 Å². The first kappa shape index (κ1) is 8.10. The predicted octanol–water partition coefficient (Wildman–Crippen LogP) is 1.56. The standard InChI is InChI=1S/C10H11NO2/c1-2-7-5-9(10(12)11-6-7)13-8-3-4-8/h2,5-6,8H,1,3-4H2,(H,11,12). The van der Waals surface area contributed by atoms with E-state index >= 15 is 0 Å². The maximum Gasteiger partial charge on any atom is 0.290 e. The summed E-state index contributed by atoms with van der Waals surface area (Å²) in [5.41, 5.74) is 0.702. The number of aromatic amines is 1. The van der Waals surface area contributed by atoms with Crippen molar-refractivity contribution in [2.24, 2.45) is 0 Å². The molecule has 3 heteroatoms. The first-order valence-electron chi connectivity index (χ1n) is 4.31. The van der Waals surface area contributed by atoms with Gasteiger partial charge in [0.2, 0.25) is 0 Å². The van der Waals surface area contributed by atoms with Crippen molar-refractivity contribution < 1.29 is 4.74 Å². The van der Waals surface area contributed by atoms with Gasteiger partial charge in [-0.05, 0) is 24.5 Å². The number of hydrogen-bond donors (Lipinski definition) is 1. The smallest absolute Gasteiger partial charge is 0.290 e. The third kappa shape index (κ3) is 1.80. The van der Waals surface area contributed by atoms with E-state index in [0.29, 0.717) is 5.75 Å². The van der Waals surface area contributed by atoms with Gasteiger partial charge < -0.3 is 9.72 Å². The Bertz CT molecular complexity index is 377. The molecule has 0 aromatic carbocycles. The van der Waals surface area contributed by atoms with Crippen LogP contribution in [0, 0.1) is 0 Å². The van der Waals surface area contributed by atoms with Crippen molar-refractivity contribution in [2.75, 3.05) is 0 Å². The molecule has 1 fully saturated rings. The molecule has 68 valence electrons. The molecule has 1 aromatic rings. The van der Waals surface area contributed by atoms with Crippen LogP contribution in [0.1, 0.15) is 18.4 Å². The minimum atomic E-state index is -0.169. The second-order valence-electron chi connectivity index (χ2n) is 3.15. The first-order valence-corrected chi connectivity index (χ1v) is 4.31. The number of aromatic nitrogens is 1. The zero-order chi connectivity index (χ0) is 9.26. The maximum absolute atomic E-state index is 11.2. The van der Waals surface area contributed by atoms with Gasteiger partial charge in [-0.3, -0.25) is 4.79 Å². The highest BCUT2D eigenvalue weighted by Crippen LogP contribution is 2.24. The normalized spacial score (nSPS) is 15.4. The van der Waals surface area contributed by atoms with Crippen molar-refractivity contribution in [1.82, 2.24) is 4.98 Å². The highest BCUT2D eigenvalue weighted by Gasteiger charge is 2.24. The SMILES string of the molecule is C=Cc1c[nH]c(=O)c(OC2CC2)c1. The minimum Gasteiger partial charge on any atom is -0.485 e.